The van der Waals surface area contributed by atoms with E-state index in [2.05, 4.69) is 28.6 Å². The van der Waals surface area contributed by atoms with Gasteiger partial charge in [-0.3, -0.25) is 0 Å². The number of hydrogen-bond donors (Lipinski definition) is 1. The Morgan fingerprint density at radius 1 is 1.22 bits per heavy atom. The molecule has 0 aromatic carbocycles. The molecule has 1 saturated carbocycles. The van der Waals surface area contributed by atoms with Gasteiger partial charge in [0.15, 0.2) is 5.82 Å². The molecular weight excluding hydrogens is 224 g/mol. The third kappa shape index (κ3) is 1.96. The molecule has 1 aromatic heterocycles. The first-order valence-corrected chi connectivity index (χ1v) is 7.30. The molecule has 0 bridgehead atoms. The Morgan fingerprint density at radius 3 is 2.83 bits per heavy atom. The fourth-order valence-corrected chi connectivity index (χ4v) is 3.65. The van der Waals surface area contributed by atoms with Crippen LogP contribution >= 0.6 is 0 Å². The van der Waals surface area contributed by atoms with Crippen molar-refractivity contribution in [3.05, 3.63) is 11.6 Å². The minimum Gasteiger partial charge on any atom is -0.319 e. The molecule has 1 aliphatic heterocycles. The standard InChI is InChI=1S/C14H24N4/c1-10-5-7-18-12(8-10)16-17-13(18)14(15)6-3-4-11(2)9-14/h10-11H,3-9,15H2,1-2H3. The van der Waals surface area contributed by atoms with Gasteiger partial charge in [0.2, 0.25) is 0 Å². The molecule has 2 heterocycles. The maximum Gasteiger partial charge on any atom is 0.153 e. The van der Waals surface area contributed by atoms with Gasteiger partial charge >= 0.3 is 0 Å². The van der Waals surface area contributed by atoms with E-state index in [1.165, 1.54) is 19.3 Å². The third-order valence-electron chi connectivity index (χ3n) is 4.68. The average molecular weight is 248 g/mol. The van der Waals surface area contributed by atoms with E-state index >= 15 is 0 Å². The van der Waals surface area contributed by atoms with Gasteiger partial charge in [0.05, 0.1) is 5.54 Å². The van der Waals surface area contributed by atoms with E-state index in [1.807, 2.05) is 0 Å². The number of nitrogens with zero attached hydrogens (tertiary/aromatic N) is 3. The molecule has 2 N–H and O–H groups in total. The Morgan fingerprint density at radius 2 is 2.06 bits per heavy atom. The van der Waals surface area contributed by atoms with Gasteiger partial charge in [0, 0.05) is 13.0 Å². The number of nitrogens with two attached hydrogens (primary N) is 1. The van der Waals surface area contributed by atoms with Gasteiger partial charge in [-0.1, -0.05) is 26.7 Å². The first kappa shape index (κ1) is 12.2. The number of hydrogen-bond acceptors (Lipinski definition) is 3. The van der Waals surface area contributed by atoms with E-state index in [4.69, 9.17) is 5.73 Å². The van der Waals surface area contributed by atoms with Gasteiger partial charge in [-0.05, 0) is 31.1 Å². The van der Waals surface area contributed by atoms with Crippen molar-refractivity contribution in [2.24, 2.45) is 17.6 Å². The Labute approximate surface area is 109 Å². The minimum atomic E-state index is -0.233. The summed E-state index contributed by atoms with van der Waals surface area (Å²) in [6.45, 7) is 5.64. The predicted molar refractivity (Wildman–Crippen MR) is 71.0 cm³/mol. The SMILES string of the molecule is CC1CCn2c(nnc2C2(N)CCCC(C)C2)C1. The molecule has 3 atom stereocenters. The third-order valence-corrected chi connectivity index (χ3v) is 4.68. The monoisotopic (exact) mass is 248 g/mol. The summed E-state index contributed by atoms with van der Waals surface area (Å²) in [6.07, 6.45) is 6.92. The second-order valence-corrected chi connectivity index (χ2v) is 6.55. The number of fused-ring (bicyclic) bond motifs is 1. The fraction of sp³-hybridized carbons (Fsp3) is 0.857. The summed E-state index contributed by atoms with van der Waals surface area (Å²) in [5.41, 5.74) is 6.42. The van der Waals surface area contributed by atoms with Gasteiger partial charge in [-0.2, -0.15) is 0 Å². The molecule has 2 aliphatic rings. The highest BCUT2D eigenvalue weighted by Gasteiger charge is 2.38. The zero-order valence-electron chi connectivity index (χ0n) is 11.5. The van der Waals surface area contributed by atoms with Gasteiger partial charge < -0.3 is 10.3 Å². The summed E-state index contributed by atoms with van der Waals surface area (Å²) in [6, 6.07) is 0. The van der Waals surface area contributed by atoms with E-state index in [9.17, 15) is 0 Å². The van der Waals surface area contributed by atoms with Crippen molar-refractivity contribution in [3.63, 3.8) is 0 Å². The van der Waals surface area contributed by atoms with Gasteiger partial charge in [-0.25, -0.2) is 0 Å². The Bertz CT molecular complexity index is 439. The second kappa shape index (κ2) is 4.34. The smallest absolute Gasteiger partial charge is 0.153 e. The molecule has 0 saturated heterocycles. The van der Waals surface area contributed by atoms with E-state index in [0.29, 0.717) is 5.92 Å². The molecule has 1 aliphatic carbocycles. The van der Waals surface area contributed by atoms with Crippen LogP contribution in [0.4, 0.5) is 0 Å². The summed E-state index contributed by atoms with van der Waals surface area (Å²) in [4.78, 5) is 0. The molecular formula is C14H24N4. The van der Waals surface area contributed by atoms with Crippen LogP contribution in [-0.2, 0) is 18.5 Å². The minimum absolute atomic E-state index is 0.233. The van der Waals surface area contributed by atoms with Crippen molar-refractivity contribution in [1.82, 2.24) is 14.8 Å². The highest BCUT2D eigenvalue weighted by atomic mass is 15.3. The molecule has 0 spiro atoms. The second-order valence-electron chi connectivity index (χ2n) is 6.55. The van der Waals surface area contributed by atoms with Crippen LogP contribution in [0.1, 0.15) is 57.6 Å². The van der Waals surface area contributed by atoms with Crippen LogP contribution in [0.2, 0.25) is 0 Å². The van der Waals surface area contributed by atoms with Crippen LogP contribution in [0, 0.1) is 11.8 Å². The fourth-order valence-electron chi connectivity index (χ4n) is 3.65. The largest absolute Gasteiger partial charge is 0.319 e. The van der Waals surface area contributed by atoms with Gasteiger partial charge in [0.1, 0.15) is 5.82 Å². The predicted octanol–water partition coefficient (Wildman–Crippen LogP) is 2.22. The summed E-state index contributed by atoms with van der Waals surface area (Å²) >= 11 is 0. The topological polar surface area (TPSA) is 56.7 Å². The van der Waals surface area contributed by atoms with Crippen molar-refractivity contribution in [2.75, 3.05) is 0 Å². The Kier molecular flexibility index (Phi) is 2.93. The molecule has 100 valence electrons. The quantitative estimate of drug-likeness (QED) is 0.829. The van der Waals surface area contributed by atoms with Crippen LogP contribution in [0.25, 0.3) is 0 Å². The molecule has 4 heteroatoms. The van der Waals surface area contributed by atoms with Crippen molar-refractivity contribution < 1.29 is 0 Å². The normalized spacial score (nSPS) is 36.4. The lowest BCUT2D eigenvalue weighted by atomic mass is 9.76. The van der Waals surface area contributed by atoms with Crippen LogP contribution in [0.3, 0.4) is 0 Å². The van der Waals surface area contributed by atoms with E-state index in [-0.39, 0.29) is 5.54 Å². The Balaban J connectivity index is 1.92. The van der Waals surface area contributed by atoms with Crippen LogP contribution < -0.4 is 5.73 Å². The Hall–Kier alpha value is -0.900. The van der Waals surface area contributed by atoms with Gasteiger partial charge in [0.25, 0.3) is 0 Å². The van der Waals surface area contributed by atoms with Gasteiger partial charge in [-0.15, -0.1) is 10.2 Å². The van der Waals surface area contributed by atoms with E-state index in [1.54, 1.807) is 0 Å². The summed E-state index contributed by atoms with van der Waals surface area (Å²) in [7, 11) is 0. The van der Waals surface area contributed by atoms with E-state index in [0.717, 1.165) is 43.4 Å². The summed E-state index contributed by atoms with van der Waals surface area (Å²) in [5.74, 6) is 3.63. The van der Waals surface area contributed by atoms with Crippen LogP contribution in [0.15, 0.2) is 0 Å². The lowest BCUT2D eigenvalue weighted by molar-refractivity contribution is 0.218. The highest BCUT2D eigenvalue weighted by molar-refractivity contribution is 5.12. The van der Waals surface area contributed by atoms with E-state index < -0.39 is 0 Å². The van der Waals surface area contributed by atoms with Crippen molar-refractivity contribution in [2.45, 2.75) is 64.5 Å². The zero-order valence-corrected chi connectivity index (χ0v) is 11.5. The summed E-state index contributed by atoms with van der Waals surface area (Å²) in [5, 5.41) is 8.84. The summed E-state index contributed by atoms with van der Waals surface area (Å²) < 4.78 is 2.30. The molecule has 1 fully saturated rings. The lowest BCUT2D eigenvalue weighted by Gasteiger charge is -2.36. The zero-order chi connectivity index (χ0) is 12.8. The molecule has 0 amide bonds. The molecule has 1 aromatic rings. The van der Waals surface area contributed by atoms with Crippen LogP contribution in [-0.4, -0.2) is 14.8 Å². The molecule has 3 unspecified atom stereocenters. The molecule has 18 heavy (non-hydrogen) atoms. The first-order valence-electron chi connectivity index (χ1n) is 7.30. The maximum absolute atomic E-state index is 6.65. The molecule has 3 rings (SSSR count). The van der Waals surface area contributed by atoms with Crippen molar-refractivity contribution in [1.29, 1.82) is 0 Å². The van der Waals surface area contributed by atoms with Crippen LogP contribution in [0.5, 0.6) is 0 Å². The number of rotatable bonds is 1. The molecule has 0 radical (unpaired) electrons. The average Bonchev–Trinajstić information content (AvgIpc) is 2.72. The number of aromatic nitrogens is 3. The highest BCUT2D eigenvalue weighted by Crippen LogP contribution is 2.38. The van der Waals surface area contributed by atoms with Crippen molar-refractivity contribution in [3.8, 4) is 0 Å². The molecule has 4 nitrogen and oxygen atoms in total. The van der Waals surface area contributed by atoms with Crippen molar-refractivity contribution >= 4 is 0 Å². The lowest BCUT2D eigenvalue weighted by Crippen LogP contribution is -2.44. The maximum atomic E-state index is 6.65. The first-order chi connectivity index (χ1) is 8.58.